The molecule has 4 nitrogen and oxygen atoms in total. The van der Waals surface area contributed by atoms with Gasteiger partial charge >= 0.3 is 0 Å². The van der Waals surface area contributed by atoms with Gasteiger partial charge in [-0.15, -0.1) is 0 Å². The van der Waals surface area contributed by atoms with Gasteiger partial charge in [-0.05, 0) is 55.4 Å². The van der Waals surface area contributed by atoms with E-state index >= 15 is 0 Å². The van der Waals surface area contributed by atoms with Crippen LogP contribution in [0.15, 0.2) is 54.6 Å². The summed E-state index contributed by atoms with van der Waals surface area (Å²) in [6.45, 7) is 4.86. The largest absolute Gasteiger partial charge is 0.494 e. The van der Waals surface area contributed by atoms with E-state index in [2.05, 4.69) is 17.6 Å². The molecule has 0 saturated carbocycles. The third-order valence-corrected chi connectivity index (χ3v) is 4.23. The van der Waals surface area contributed by atoms with Gasteiger partial charge in [0.25, 0.3) is 5.91 Å². The third kappa shape index (κ3) is 6.48. The third-order valence-electron chi connectivity index (χ3n) is 4.01. The summed E-state index contributed by atoms with van der Waals surface area (Å²) in [6.07, 6.45) is 3.36. The lowest BCUT2D eigenvalue weighted by Gasteiger charge is -2.16. The summed E-state index contributed by atoms with van der Waals surface area (Å²) in [6, 6.07) is 17.1. The number of thiocarbonyl (C=S) groups is 1. The van der Waals surface area contributed by atoms with Crippen molar-refractivity contribution in [1.82, 2.24) is 10.6 Å². The van der Waals surface area contributed by atoms with Crippen LogP contribution in [0.1, 0.15) is 55.1 Å². The molecule has 0 radical (unpaired) electrons. The van der Waals surface area contributed by atoms with E-state index in [9.17, 15) is 4.79 Å². The minimum absolute atomic E-state index is 0.0166. The molecule has 2 N–H and O–H groups in total. The molecule has 0 fully saturated rings. The standard InChI is InChI=1S/C21H26N2O2S/c1-3-4-8-15-25-19-13-11-18(12-14-19)20(24)23-21(26)22-16(2)17-9-6-5-7-10-17/h5-7,9-14,16H,3-4,8,15H2,1-2H3,(H2,22,23,24,26). The number of amides is 1. The first-order chi connectivity index (χ1) is 12.6. The summed E-state index contributed by atoms with van der Waals surface area (Å²) in [4.78, 5) is 12.3. The van der Waals surface area contributed by atoms with Gasteiger partial charge in [0.15, 0.2) is 5.11 Å². The van der Waals surface area contributed by atoms with Crippen molar-refractivity contribution in [3.05, 3.63) is 65.7 Å². The van der Waals surface area contributed by atoms with Crippen molar-refractivity contribution in [2.75, 3.05) is 6.61 Å². The molecule has 1 amide bonds. The Morgan fingerprint density at radius 2 is 1.77 bits per heavy atom. The number of hydrogen-bond donors (Lipinski definition) is 2. The Morgan fingerprint density at radius 3 is 2.42 bits per heavy atom. The van der Waals surface area contributed by atoms with Gasteiger partial charge in [-0.3, -0.25) is 10.1 Å². The van der Waals surface area contributed by atoms with Gasteiger partial charge in [-0.2, -0.15) is 0 Å². The average Bonchev–Trinajstić information content (AvgIpc) is 2.66. The maximum atomic E-state index is 12.3. The molecule has 0 saturated heterocycles. The molecule has 0 aliphatic heterocycles. The summed E-state index contributed by atoms with van der Waals surface area (Å²) in [7, 11) is 0. The highest BCUT2D eigenvalue weighted by Crippen LogP contribution is 2.13. The fourth-order valence-corrected chi connectivity index (χ4v) is 2.75. The van der Waals surface area contributed by atoms with Crippen molar-refractivity contribution in [2.24, 2.45) is 0 Å². The molecule has 2 rings (SSSR count). The van der Waals surface area contributed by atoms with Crippen molar-refractivity contribution < 1.29 is 9.53 Å². The zero-order valence-corrected chi connectivity index (χ0v) is 16.1. The van der Waals surface area contributed by atoms with Crippen LogP contribution in [0.2, 0.25) is 0 Å². The van der Waals surface area contributed by atoms with Crippen LogP contribution in [-0.2, 0) is 0 Å². The first-order valence-electron chi connectivity index (χ1n) is 8.99. The fraction of sp³-hybridized carbons (Fsp3) is 0.333. The minimum Gasteiger partial charge on any atom is -0.494 e. The van der Waals surface area contributed by atoms with E-state index in [0.29, 0.717) is 17.3 Å². The monoisotopic (exact) mass is 370 g/mol. The minimum atomic E-state index is -0.236. The molecule has 26 heavy (non-hydrogen) atoms. The molecular formula is C21H26N2O2S. The van der Waals surface area contributed by atoms with E-state index in [0.717, 1.165) is 24.2 Å². The molecule has 1 unspecified atom stereocenters. The zero-order valence-electron chi connectivity index (χ0n) is 15.3. The smallest absolute Gasteiger partial charge is 0.257 e. The number of nitrogens with one attached hydrogen (secondary N) is 2. The SMILES string of the molecule is CCCCCOc1ccc(C(=O)NC(=S)NC(C)c2ccccc2)cc1. The molecule has 2 aromatic rings. The van der Waals surface area contributed by atoms with Crippen LogP contribution in [0.4, 0.5) is 0 Å². The highest BCUT2D eigenvalue weighted by molar-refractivity contribution is 7.80. The fourth-order valence-electron chi connectivity index (χ4n) is 2.48. The van der Waals surface area contributed by atoms with Crippen molar-refractivity contribution in [2.45, 2.75) is 39.2 Å². The van der Waals surface area contributed by atoms with Gasteiger partial charge in [0.1, 0.15) is 5.75 Å². The lowest BCUT2D eigenvalue weighted by atomic mass is 10.1. The molecule has 0 aliphatic carbocycles. The number of carbonyl (C=O) groups is 1. The molecule has 0 aromatic heterocycles. The zero-order chi connectivity index (χ0) is 18.8. The predicted molar refractivity (Wildman–Crippen MR) is 110 cm³/mol. The van der Waals surface area contributed by atoms with Gasteiger partial charge < -0.3 is 10.1 Å². The molecule has 5 heteroatoms. The van der Waals surface area contributed by atoms with Gasteiger partial charge in [0.05, 0.1) is 12.6 Å². The number of unbranched alkanes of at least 4 members (excludes halogenated alkanes) is 2. The van der Waals surface area contributed by atoms with Gasteiger partial charge in [-0.1, -0.05) is 50.1 Å². The van der Waals surface area contributed by atoms with E-state index in [1.807, 2.05) is 49.4 Å². The van der Waals surface area contributed by atoms with Crippen LogP contribution >= 0.6 is 12.2 Å². The second-order valence-electron chi connectivity index (χ2n) is 6.14. The van der Waals surface area contributed by atoms with Crippen LogP contribution < -0.4 is 15.4 Å². The maximum absolute atomic E-state index is 12.3. The molecule has 138 valence electrons. The predicted octanol–water partition coefficient (Wildman–Crippen LogP) is 4.62. The summed E-state index contributed by atoms with van der Waals surface area (Å²) in [5.41, 5.74) is 1.65. The first kappa shape index (κ1) is 19.9. The van der Waals surface area contributed by atoms with E-state index in [1.165, 1.54) is 6.42 Å². The first-order valence-corrected chi connectivity index (χ1v) is 9.40. The Balaban J connectivity index is 1.82. The molecule has 0 spiro atoms. The van der Waals surface area contributed by atoms with Crippen molar-refractivity contribution in [3.63, 3.8) is 0 Å². The maximum Gasteiger partial charge on any atom is 0.257 e. The Labute approximate surface area is 161 Å². The molecular weight excluding hydrogens is 344 g/mol. The van der Waals surface area contributed by atoms with Gasteiger partial charge in [0, 0.05) is 5.56 Å². The van der Waals surface area contributed by atoms with Crippen molar-refractivity contribution >= 4 is 23.2 Å². The number of hydrogen-bond acceptors (Lipinski definition) is 3. The van der Waals surface area contributed by atoms with E-state index < -0.39 is 0 Å². The van der Waals surface area contributed by atoms with Crippen LogP contribution in [0.25, 0.3) is 0 Å². The quantitative estimate of drug-likeness (QED) is 0.526. The normalized spacial score (nSPS) is 11.5. The summed E-state index contributed by atoms with van der Waals surface area (Å²) in [5, 5.41) is 6.15. The molecule has 0 aliphatic rings. The summed E-state index contributed by atoms with van der Waals surface area (Å²) < 4.78 is 5.66. The van der Waals surface area contributed by atoms with E-state index in [1.54, 1.807) is 12.1 Å². The lowest BCUT2D eigenvalue weighted by molar-refractivity contribution is 0.0976. The number of benzene rings is 2. The van der Waals surface area contributed by atoms with Crippen LogP contribution in [0.3, 0.4) is 0 Å². The van der Waals surface area contributed by atoms with Crippen molar-refractivity contribution in [3.8, 4) is 5.75 Å². The van der Waals surface area contributed by atoms with Crippen molar-refractivity contribution in [1.29, 1.82) is 0 Å². The number of ether oxygens (including phenoxy) is 1. The topological polar surface area (TPSA) is 50.4 Å². The summed E-state index contributed by atoms with van der Waals surface area (Å²) >= 11 is 5.25. The Morgan fingerprint density at radius 1 is 1.08 bits per heavy atom. The van der Waals surface area contributed by atoms with Gasteiger partial charge in [0.2, 0.25) is 0 Å². The Kier molecular flexibility index (Phi) is 8.09. The highest BCUT2D eigenvalue weighted by atomic mass is 32.1. The molecule has 1 atom stereocenters. The Bertz CT molecular complexity index is 702. The van der Waals surface area contributed by atoms with Crippen LogP contribution in [0, 0.1) is 0 Å². The lowest BCUT2D eigenvalue weighted by Crippen LogP contribution is -2.40. The average molecular weight is 371 g/mol. The van der Waals surface area contributed by atoms with E-state index in [-0.39, 0.29) is 11.9 Å². The van der Waals surface area contributed by atoms with Crippen LogP contribution in [0.5, 0.6) is 5.75 Å². The van der Waals surface area contributed by atoms with E-state index in [4.69, 9.17) is 17.0 Å². The molecule has 0 bridgehead atoms. The summed E-state index contributed by atoms with van der Waals surface area (Å²) in [5.74, 6) is 0.538. The van der Waals surface area contributed by atoms with Crippen LogP contribution in [-0.4, -0.2) is 17.6 Å². The molecule has 2 aromatic carbocycles. The Hall–Kier alpha value is -2.40. The highest BCUT2D eigenvalue weighted by Gasteiger charge is 2.11. The second-order valence-corrected chi connectivity index (χ2v) is 6.55. The molecule has 0 heterocycles. The number of carbonyl (C=O) groups excluding carboxylic acids is 1. The second kappa shape index (κ2) is 10.6. The van der Waals surface area contributed by atoms with Gasteiger partial charge in [-0.25, -0.2) is 0 Å². The number of rotatable bonds is 8.